The Morgan fingerprint density at radius 2 is 2.17 bits per heavy atom. The highest BCUT2D eigenvalue weighted by Crippen LogP contribution is 2.28. The minimum atomic E-state index is -0.364. The van der Waals surface area contributed by atoms with Crippen molar-refractivity contribution in [3.05, 3.63) is 52.2 Å². The average molecular weight is 330 g/mol. The van der Waals surface area contributed by atoms with Crippen LogP contribution in [0.1, 0.15) is 12.8 Å². The summed E-state index contributed by atoms with van der Waals surface area (Å²) < 4.78 is 2.64. The summed E-state index contributed by atoms with van der Waals surface area (Å²) in [5.74, 6) is -0.151. The number of hydrogen-bond acceptors (Lipinski definition) is 4. The summed E-state index contributed by atoms with van der Waals surface area (Å²) in [7, 11) is 0. The smallest absolute Gasteiger partial charge is 0.273 e. The van der Waals surface area contributed by atoms with Gasteiger partial charge < -0.3 is 0 Å². The third-order valence-electron chi connectivity index (χ3n) is 3.72. The van der Waals surface area contributed by atoms with E-state index in [0.29, 0.717) is 21.7 Å². The van der Waals surface area contributed by atoms with Crippen LogP contribution in [0.3, 0.4) is 0 Å². The number of carbonyl (C=O) groups excluding carboxylic acids is 1. The fraction of sp³-hybridized carbons (Fsp3) is 0.200. The summed E-state index contributed by atoms with van der Waals surface area (Å²) in [6.07, 6.45) is 4.46. The van der Waals surface area contributed by atoms with Crippen molar-refractivity contribution in [1.82, 2.24) is 19.4 Å². The maximum atomic E-state index is 12.4. The van der Waals surface area contributed by atoms with Gasteiger partial charge in [-0.15, -0.1) is 0 Å². The van der Waals surface area contributed by atoms with E-state index in [2.05, 4.69) is 15.5 Å². The molecule has 0 atom stereocenters. The summed E-state index contributed by atoms with van der Waals surface area (Å²) in [4.78, 5) is 28.5. The Morgan fingerprint density at radius 3 is 2.91 bits per heavy atom. The van der Waals surface area contributed by atoms with Gasteiger partial charge >= 0.3 is 0 Å². The molecule has 1 amide bonds. The second-order valence-corrected chi connectivity index (χ2v) is 5.88. The monoisotopic (exact) mass is 329 g/mol. The highest BCUT2D eigenvalue weighted by Gasteiger charge is 2.30. The van der Waals surface area contributed by atoms with Gasteiger partial charge in [-0.25, -0.2) is 14.3 Å². The van der Waals surface area contributed by atoms with E-state index in [1.54, 1.807) is 18.2 Å². The minimum Gasteiger partial charge on any atom is -0.273 e. The largest absolute Gasteiger partial charge is 0.283 e. The molecule has 0 bridgehead atoms. The molecular weight excluding hydrogens is 318 g/mol. The molecule has 0 unspecified atom stereocenters. The number of aromatic nitrogens is 4. The fourth-order valence-corrected chi connectivity index (χ4v) is 2.53. The molecule has 0 spiro atoms. The molecule has 0 radical (unpaired) electrons. The maximum absolute atomic E-state index is 12.4. The Balaban J connectivity index is 1.77. The topological polar surface area (TPSA) is 81.8 Å². The van der Waals surface area contributed by atoms with Crippen LogP contribution < -0.4 is 11.0 Å². The summed E-state index contributed by atoms with van der Waals surface area (Å²) in [5.41, 5.74) is 3.32. The lowest BCUT2D eigenvalue weighted by Crippen LogP contribution is -2.33. The van der Waals surface area contributed by atoms with E-state index >= 15 is 0 Å². The van der Waals surface area contributed by atoms with E-state index in [9.17, 15) is 9.59 Å². The lowest BCUT2D eigenvalue weighted by molar-refractivity contribution is -0.118. The Kier molecular flexibility index (Phi) is 3.16. The molecule has 4 rings (SSSR count). The molecule has 1 aliphatic rings. The quantitative estimate of drug-likeness (QED) is 0.793. The number of fused-ring (bicyclic) bond motifs is 1. The van der Waals surface area contributed by atoms with Crippen LogP contribution in [0.25, 0.3) is 16.7 Å². The molecule has 0 saturated heterocycles. The average Bonchev–Trinajstić information content (AvgIpc) is 3.29. The van der Waals surface area contributed by atoms with Crippen molar-refractivity contribution in [1.29, 1.82) is 0 Å². The Labute approximate surface area is 135 Å². The van der Waals surface area contributed by atoms with Crippen molar-refractivity contribution in [3.63, 3.8) is 0 Å². The number of benzene rings is 1. The number of halogens is 1. The molecule has 1 aliphatic carbocycles. The van der Waals surface area contributed by atoms with Crippen molar-refractivity contribution >= 4 is 28.5 Å². The van der Waals surface area contributed by atoms with E-state index in [-0.39, 0.29) is 17.4 Å². The minimum absolute atomic E-state index is 0.00628. The molecule has 0 aliphatic heterocycles. The molecule has 2 heterocycles. The molecule has 23 heavy (non-hydrogen) atoms. The lowest BCUT2D eigenvalue weighted by Gasteiger charge is -2.07. The van der Waals surface area contributed by atoms with Gasteiger partial charge in [0.1, 0.15) is 11.7 Å². The van der Waals surface area contributed by atoms with Gasteiger partial charge in [0.25, 0.3) is 5.56 Å². The molecule has 1 N–H and O–H groups in total. The Bertz CT molecular complexity index is 973. The second-order valence-electron chi connectivity index (χ2n) is 5.44. The molecule has 1 aromatic carbocycles. The summed E-state index contributed by atoms with van der Waals surface area (Å²) in [6.45, 7) is 0. The predicted octanol–water partition coefficient (Wildman–Crippen LogP) is 1.72. The van der Waals surface area contributed by atoms with Gasteiger partial charge in [-0.3, -0.25) is 15.0 Å². The molecule has 8 heteroatoms. The van der Waals surface area contributed by atoms with Gasteiger partial charge in [0, 0.05) is 10.9 Å². The highest BCUT2D eigenvalue weighted by molar-refractivity contribution is 6.30. The van der Waals surface area contributed by atoms with Gasteiger partial charge in [0.2, 0.25) is 5.91 Å². The van der Waals surface area contributed by atoms with Gasteiger partial charge in [0.05, 0.1) is 11.9 Å². The summed E-state index contributed by atoms with van der Waals surface area (Å²) in [5, 5.41) is 5.09. The first-order valence-corrected chi connectivity index (χ1v) is 7.53. The van der Waals surface area contributed by atoms with Crippen LogP contribution in [-0.4, -0.2) is 25.3 Å². The Morgan fingerprint density at radius 1 is 1.35 bits per heavy atom. The van der Waals surface area contributed by atoms with Crippen LogP contribution in [0.15, 0.2) is 41.6 Å². The van der Waals surface area contributed by atoms with Crippen LogP contribution in [0.2, 0.25) is 5.02 Å². The number of rotatable bonds is 3. The van der Waals surface area contributed by atoms with E-state index in [1.807, 2.05) is 6.07 Å². The van der Waals surface area contributed by atoms with E-state index < -0.39 is 0 Å². The predicted molar refractivity (Wildman–Crippen MR) is 85.2 cm³/mol. The SMILES string of the molecule is O=C(Nn1cnc2c(cnn2-c2cccc(Cl)c2)c1=O)C1CC1. The summed E-state index contributed by atoms with van der Waals surface area (Å²) >= 11 is 5.99. The number of carbonyl (C=O) groups is 1. The van der Waals surface area contributed by atoms with Gasteiger partial charge in [-0.05, 0) is 31.0 Å². The van der Waals surface area contributed by atoms with E-state index in [4.69, 9.17) is 11.6 Å². The lowest BCUT2D eigenvalue weighted by atomic mass is 10.3. The molecule has 3 aromatic rings. The second kappa shape index (κ2) is 5.20. The fourth-order valence-electron chi connectivity index (χ4n) is 2.34. The normalized spacial score (nSPS) is 14.1. The molecule has 116 valence electrons. The molecule has 1 saturated carbocycles. The molecular formula is C15H12ClN5O2. The first-order valence-electron chi connectivity index (χ1n) is 7.16. The zero-order valence-electron chi connectivity index (χ0n) is 11.9. The first kappa shape index (κ1) is 14.0. The maximum Gasteiger partial charge on any atom is 0.283 e. The summed E-state index contributed by atoms with van der Waals surface area (Å²) in [6, 6.07) is 7.10. The van der Waals surface area contributed by atoms with Crippen molar-refractivity contribution in [2.24, 2.45) is 5.92 Å². The van der Waals surface area contributed by atoms with Crippen molar-refractivity contribution in [2.45, 2.75) is 12.8 Å². The number of hydrogen-bond donors (Lipinski definition) is 1. The van der Waals surface area contributed by atoms with Crippen molar-refractivity contribution in [2.75, 3.05) is 5.43 Å². The molecule has 1 fully saturated rings. The van der Waals surface area contributed by atoms with E-state index in [0.717, 1.165) is 17.5 Å². The zero-order valence-corrected chi connectivity index (χ0v) is 12.7. The number of nitrogens with zero attached hydrogens (tertiary/aromatic N) is 4. The van der Waals surface area contributed by atoms with Crippen molar-refractivity contribution < 1.29 is 4.79 Å². The molecule has 2 aromatic heterocycles. The first-order chi connectivity index (χ1) is 11.1. The highest BCUT2D eigenvalue weighted by atomic mass is 35.5. The van der Waals surface area contributed by atoms with Crippen LogP contribution >= 0.6 is 11.6 Å². The standard InChI is InChI=1S/C15H12ClN5O2/c16-10-2-1-3-11(6-10)21-13-12(7-18-21)15(23)20(8-17-13)19-14(22)9-4-5-9/h1-3,6-9H,4-5H2,(H,19,22). The molecule has 7 nitrogen and oxygen atoms in total. The van der Waals surface area contributed by atoms with Crippen LogP contribution in [0.5, 0.6) is 0 Å². The van der Waals surface area contributed by atoms with Crippen molar-refractivity contribution in [3.8, 4) is 5.69 Å². The third-order valence-corrected chi connectivity index (χ3v) is 3.96. The Hall–Kier alpha value is -2.67. The number of nitrogens with one attached hydrogen (secondary N) is 1. The zero-order chi connectivity index (χ0) is 16.0. The van der Waals surface area contributed by atoms with E-state index in [1.165, 1.54) is 17.2 Å². The number of amides is 1. The van der Waals surface area contributed by atoms with Gasteiger partial charge in [-0.1, -0.05) is 17.7 Å². The van der Waals surface area contributed by atoms with Gasteiger partial charge in [0.15, 0.2) is 5.65 Å². The van der Waals surface area contributed by atoms with Crippen LogP contribution in [0, 0.1) is 5.92 Å². The van der Waals surface area contributed by atoms with Crippen LogP contribution in [0.4, 0.5) is 0 Å². The third kappa shape index (κ3) is 2.49. The van der Waals surface area contributed by atoms with Crippen LogP contribution in [-0.2, 0) is 4.79 Å². The van der Waals surface area contributed by atoms with Gasteiger partial charge in [-0.2, -0.15) is 5.10 Å².